The summed E-state index contributed by atoms with van der Waals surface area (Å²) in [7, 11) is 0. The van der Waals surface area contributed by atoms with E-state index in [0.29, 0.717) is 13.0 Å². The first-order valence-electron chi connectivity index (χ1n) is 6.44. The van der Waals surface area contributed by atoms with E-state index in [4.69, 9.17) is 0 Å². The number of carbonyl (C=O) groups excluding carboxylic acids is 1. The maximum absolute atomic E-state index is 11.9. The number of aryl methyl sites for hydroxylation is 1. The molecule has 102 valence electrons. The smallest absolute Gasteiger partial charge is 0.226 e. The van der Waals surface area contributed by atoms with Crippen LogP contribution in [0.1, 0.15) is 16.3 Å². The Bertz CT molecular complexity index is 744. The summed E-state index contributed by atoms with van der Waals surface area (Å²) < 4.78 is 0. The number of aromatic amines is 1. The minimum atomic E-state index is 0.00413. The number of aromatic nitrogens is 2. The van der Waals surface area contributed by atoms with Crippen LogP contribution >= 0.6 is 11.3 Å². The van der Waals surface area contributed by atoms with Gasteiger partial charge in [-0.25, -0.2) is 4.98 Å². The predicted molar refractivity (Wildman–Crippen MR) is 80.7 cm³/mol. The van der Waals surface area contributed by atoms with Crippen LogP contribution in [0, 0.1) is 6.92 Å². The quantitative estimate of drug-likeness (QED) is 0.774. The minimum absolute atomic E-state index is 0.00413. The third kappa shape index (κ3) is 2.88. The SMILES string of the molecule is Cc1nc(CC(=O)NCc2ccc3[nH]ccc3c2)cs1. The molecule has 0 radical (unpaired) electrons. The number of fused-ring (bicyclic) bond motifs is 1. The van der Waals surface area contributed by atoms with E-state index >= 15 is 0 Å². The molecule has 2 heterocycles. The Morgan fingerprint density at radius 1 is 1.40 bits per heavy atom. The lowest BCUT2D eigenvalue weighted by atomic mass is 10.1. The Labute approximate surface area is 120 Å². The molecular weight excluding hydrogens is 270 g/mol. The van der Waals surface area contributed by atoms with Gasteiger partial charge in [0.1, 0.15) is 0 Å². The third-order valence-corrected chi connectivity index (χ3v) is 3.94. The van der Waals surface area contributed by atoms with Crippen molar-refractivity contribution in [3.05, 3.63) is 52.1 Å². The lowest BCUT2D eigenvalue weighted by molar-refractivity contribution is -0.120. The molecule has 0 bridgehead atoms. The van der Waals surface area contributed by atoms with Crippen LogP contribution in [0.25, 0.3) is 10.9 Å². The van der Waals surface area contributed by atoms with E-state index in [1.807, 2.05) is 36.7 Å². The number of rotatable bonds is 4. The minimum Gasteiger partial charge on any atom is -0.361 e. The summed E-state index contributed by atoms with van der Waals surface area (Å²) in [6.07, 6.45) is 2.26. The fourth-order valence-corrected chi connectivity index (χ4v) is 2.74. The molecule has 3 aromatic rings. The first kappa shape index (κ1) is 12.9. The van der Waals surface area contributed by atoms with Crippen molar-refractivity contribution in [1.29, 1.82) is 0 Å². The van der Waals surface area contributed by atoms with Crippen molar-refractivity contribution >= 4 is 28.1 Å². The second-order valence-corrected chi connectivity index (χ2v) is 5.77. The van der Waals surface area contributed by atoms with Gasteiger partial charge in [0.25, 0.3) is 0 Å². The highest BCUT2D eigenvalue weighted by molar-refractivity contribution is 7.09. The number of amides is 1. The molecule has 0 unspecified atom stereocenters. The Morgan fingerprint density at radius 3 is 3.10 bits per heavy atom. The molecule has 0 saturated carbocycles. The maximum atomic E-state index is 11.9. The van der Waals surface area contributed by atoms with Crippen LogP contribution in [0.2, 0.25) is 0 Å². The summed E-state index contributed by atoms with van der Waals surface area (Å²) in [5.41, 5.74) is 3.05. The zero-order valence-corrected chi connectivity index (χ0v) is 12.0. The third-order valence-electron chi connectivity index (χ3n) is 3.12. The maximum Gasteiger partial charge on any atom is 0.226 e. The lowest BCUT2D eigenvalue weighted by Crippen LogP contribution is -2.24. The molecule has 0 aliphatic carbocycles. The first-order valence-corrected chi connectivity index (χ1v) is 7.32. The summed E-state index contributed by atoms with van der Waals surface area (Å²) in [5.74, 6) is 0.00413. The number of hydrogen-bond acceptors (Lipinski definition) is 3. The Hall–Kier alpha value is -2.14. The molecule has 0 atom stereocenters. The highest BCUT2D eigenvalue weighted by Crippen LogP contribution is 2.14. The van der Waals surface area contributed by atoms with E-state index in [2.05, 4.69) is 21.4 Å². The van der Waals surface area contributed by atoms with Crippen molar-refractivity contribution in [3.8, 4) is 0 Å². The monoisotopic (exact) mass is 285 g/mol. The van der Waals surface area contributed by atoms with Gasteiger partial charge in [-0.3, -0.25) is 4.79 Å². The van der Waals surface area contributed by atoms with Crippen molar-refractivity contribution in [2.45, 2.75) is 19.9 Å². The van der Waals surface area contributed by atoms with E-state index in [1.165, 1.54) is 0 Å². The Balaban J connectivity index is 1.59. The number of hydrogen-bond donors (Lipinski definition) is 2. The van der Waals surface area contributed by atoms with E-state index in [0.717, 1.165) is 27.2 Å². The van der Waals surface area contributed by atoms with Gasteiger partial charge in [-0.15, -0.1) is 11.3 Å². The molecular formula is C15H15N3OS. The molecule has 20 heavy (non-hydrogen) atoms. The fraction of sp³-hybridized carbons (Fsp3) is 0.200. The molecule has 0 fully saturated rings. The van der Waals surface area contributed by atoms with E-state index in [1.54, 1.807) is 11.3 Å². The van der Waals surface area contributed by atoms with E-state index < -0.39 is 0 Å². The van der Waals surface area contributed by atoms with Crippen molar-refractivity contribution in [3.63, 3.8) is 0 Å². The second kappa shape index (κ2) is 5.46. The Morgan fingerprint density at radius 2 is 2.30 bits per heavy atom. The molecule has 1 amide bonds. The average Bonchev–Trinajstić information content (AvgIpc) is 3.04. The van der Waals surface area contributed by atoms with Crippen LogP contribution in [0.4, 0.5) is 0 Å². The molecule has 0 spiro atoms. The van der Waals surface area contributed by atoms with Crippen molar-refractivity contribution in [2.24, 2.45) is 0 Å². The fourth-order valence-electron chi connectivity index (χ4n) is 2.13. The molecule has 0 aliphatic rings. The number of thiazole rings is 1. The van der Waals surface area contributed by atoms with Crippen LogP contribution in [0.3, 0.4) is 0 Å². The van der Waals surface area contributed by atoms with Gasteiger partial charge in [0, 0.05) is 23.6 Å². The zero-order valence-electron chi connectivity index (χ0n) is 11.1. The highest BCUT2D eigenvalue weighted by Gasteiger charge is 2.06. The molecule has 3 rings (SSSR count). The number of nitrogens with one attached hydrogen (secondary N) is 2. The summed E-state index contributed by atoms with van der Waals surface area (Å²) >= 11 is 1.57. The van der Waals surface area contributed by atoms with Gasteiger partial charge in [0.15, 0.2) is 0 Å². The number of H-pyrrole nitrogens is 1. The zero-order chi connectivity index (χ0) is 13.9. The number of benzene rings is 1. The Kier molecular flexibility index (Phi) is 3.52. The van der Waals surface area contributed by atoms with E-state index in [-0.39, 0.29) is 5.91 Å². The standard InChI is InChI=1S/C15H15N3OS/c1-10-18-13(9-20-10)7-15(19)17-8-11-2-3-14-12(6-11)4-5-16-14/h2-6,9,16H,7-8H2,1H3,(H,17,19). The second-order valence-electron chi connectivity index (χ2n) is 4.71. The van der Waals surface area contributed by atoms with Gasteiger partial charge >= 0.3 is 0 Å². The van der Waals surface area contributed by atoms with Crippen molar-refractivity contribution in [2.75, 3.05) is 0 Å². The van der Waals surface area contributed by atoms with Gasteiger partial charge in [-0.05, 0) is 36.1 Å². The van der Waals surface area contributed by atoms with Gasteiger partial charge in [0.2, 0.25) is 5.91 Å². The molecule has 0 saturated heterocycles. The van der Waals surface area contributed by atoms with Crippen LogP contribution in [-0.4, -0.2) is 15.9 Å². The largest absolute Gasteiger partial charge is 0.361 e. The normalized spacial score (nSPS) is 10.8. The van der Waals surface area contributed by atoms with Gasteiger partial charge in [-0.2, -0.15) is 0 Å². The predicted octanol–water partition coefficient (Wildman–Crippen LogP) is 2.79. The number of carbonyl (C=O) groups is 1. The van der Waals surface area contributed by atoms with Gasteiger partial charge in [-0.1, -0.05) is 6.07 Å². The van der Waals surface area contributed by atoms with Crippen molar-refractivity contribution in [1.82, 2.24) is 15.3 Å². The molecule has 4 nitrogen and oxygen atoms in total. The first-order chi connectivity index (χ1) is 9.70. The van der Waals surface area contributed by atoms with Gasteiger partial charge in [0.05, 0.1) is 17.1 Å². The molecule has 2 N–H and O–H groups in total. The summed E-state index contributed by atoms with van der Waals surface area (Å²) in [6, 6.07) is 8.16. The topological polar surface area (TPSA) is 57.8 Å². The summed E-state index contributed by atoms with van der Waals surface area (Å²) in [6.45, 7) is 2.49. The summed E-state index contributed by atoms with van der Waals surface area (Å²) in [4.78, 5) is 19.3. The lowest BCUT2D eigenvalue weighted by Gasteiger charge is -2.04. The van der Waals surface area contributed by atoms with Crippen LogP contribution in [0.15, 0.2) is 35.8 Å². The van der Waals surface area contributed by atoms with E-state index in [9.17, 15) is 4.79 Å². The highest BCUT2D eigenvalue weighted by atomic mass is 32.1. The van der Waals surface area contributed by atoms with Crippen LogP contribution in [0.5, 0.6) is 0 Å². The molecule has 5 heteroatoms. The van der Waals surface area contributed by atoms with Crippen LogP contribution in [-0.2, 0) is 17.8 Å². The van der Waals surface area contributed by atoms with Crippen LogP contribution < -0.4 is 5.32 Å². The summed E-state index contributed by atoms with van der Waals surface area (Å²) in [5, 5.41) is 7.01. The molecule has 0 aliphatic heterocycles. The molecule has 2 aromatic heterocycles. The average molecular weight is 285 g/mol. The molecule has 1 aromatic carbocycles. The van der Waals surface area contributed by atoms with Crippen molar-refractivity contribution < 1.29 is 4.79 Å². The number of nitrogens with zero attached hydrogens (tertiary/aromatic N) is 1. The van der Waals surface area contributed by atoms with Gasteiger partial charge < -0.3 is 10.3 Å².